The van der Waals surface area contributed by atoms with Crippen molar-refractivity contribution in [2.45, 2.75) is 50.6 Å². The molecule has 0 aromatic carbocycles. The summed E-state index contributed by atoms with van der Waals surface area (Å²) in [5.74, 6) is 0.965. The van der Waals surface area contributed by atoms with E-state index in [9.17, 15) is 14.7 Å². The fourth-order valence-electron chi connectivity index (χ4n) is 2.98. The van der Waals surface area contributed by atoms with E-state index in [2.05, 4.69) is 17.6 Å². The molecular formula is C14H27N3O3S. The van der Waals surface area contributed by atoms with Crippen molar-refractivity contribution in [2.75, 3.05) is 18.6 Å². The van der Waals surface area contributed by atoms with Crippen molar-refractivity contribution in [3.05, 3.63) is 0 Å². The normalized spacial score (nSPS) is 26.9. The van der Waals surface area contributed by atoms with Crippen LogP contribution in [0.25, 0.3) is 0 Å². The molecule has 1 aliphatic carbocycles. The molecule has 0 aromatic heterocycles. The number of aliphatic hydroxyl groups is 1. The Bertz CT molecular complexity index is 367. The second kappa shape index (κ2) is 8.48. The number of carbonyl (C=O) groups is 2. The Kier molecular flexibility index (Phi) is 7.31. The van der Waals surface area contributed by atoms with Gasteiger partial charge >= 0.3 is 6.03 Å². The number of hydrogen-bond acceptors (Lipinski definition) is 4. The topological polar surface area (TPSA) is 104 Å². The van der Waals surface area contributed by atoms with E-state index in [1.54, 1.807) is 11.8 Å². The Balaban J connectivity index is 2.70. The van der Waals surface area contributed by atoms with Crippen LogP contribution >= 0.6 is 11.8 Å². The molecule has 0 radical (unpaired) electrons. The van der Waals surface area contributed by atoms with E-state index in [0.29, 0.717) is 12.3 Å². The van der Waals surface area contributed by atoms with Crippen molar-refractivity contribution >= 4 is 23.7 Å². The number of amides is 3. The monoisotopic (exact) mass is 317 g/mol. The van der Waals surface area contributed by atoms with Crippen LogP contribution in [-0.4, -0.2) is 47.2 Å². The number of aliphatic hydroxyl groups excluding tert-OH is 1. The van der Waals surface area contributed by atoms with Gasteiger partial charge in [-0.1, -0.05) is 19.8 Å². The van der Waals surface area contributed by atoms with E-state index in [1.807, 2.05) is 6.26 Å². The number of rotatable bonds is 7. The number of nitrogens with one attached hydrogen (secondary N) is 2. The van der Waals surface area contributed by atoms with Crippen LogP contribution in [0.3, 0.4) is 0 Å². The van der Waals surface area contributed by atoms with Crippen molar-refractivity contribution in [1.29, 1.82) is 0 Å². The van der Waals surface area contributed by atoms with E-state index in [0.717, 1.165) is 31.4 Å². The maximum absolute atomic E-state index is 12.4. The van der Waals surface area contributed by atoms with Crippen molar-refractivity contribution in [2.24, 2.45) is 11.7 Å². The predicted molar refractivity (Wildman–Crippen MR) is 85.1 cm³/mol. The second-order valence-electron chi connectivity index (χ2n) is 5.97. The van der Waals surface area contributed by atoms with Crippen LogP contribution < -0.4 is 16.4 Å². The summed E-state index contributed by atoms with van der Waals surface area (Å²) < 4.78 is 0. The molecule has 0 spiro atoms. The zero-order chi connectivity index (χ0) is 15.9. The van der Waals surface area contributed by atoms with Gasteiger partial charge in [-0.2, -0.15) is 11.8 Å². The highest BCUT2D eigenvalue weighted by Gasteiger charge is 2.37. The fourth-order valence-corrected chi connectivity index (χ4v) is 3.45. The van der Waals surface area contributed by atoms with Gasteiger partial charge in [0, 0.05) is 0 Å². The maximum atomic E-state index is 12.4. The second-order valence-corrected chi connectivity index (χ2v) is 6.96. The summed E-state index contributed by atoms with van der Waals surface area (Å²) in [5, 5.41) is 15.2. The number of urea groups is 1. The average molecular weight is 317 g/mol. The first-order valence-corrected chi connectivity index (χ1v) is 8.79. The van der Waals surface area contributed by atoms with E-state index in [1.165, 1.54) is 0 Å². The van der Waals surface area contributed by atoms with Crippen LogP contribution in [0.5, 0.6) is 0 Å². The molecule has 1 fully saturated rings. The maximum Gasteiger partial charge on any atom is 0.312 e. The Morgan fingerprint density at radius 3 is 2.76 bits per heavy atom. The lowest BCUT2D eigenvalue weighted by molar-refractivity contribution is -0.126. The van der Waals surface area contributed by atoms with Crippen molar-refractivity contribution in [1.82, 2.24) is 10.6 Å². The Morgan fingerprint density at radius 1 is 1.52 bits per heavy atom. The van der Waals surface area contributed by atoms with Crippen LogP contribution in [0.15, 0.2) is 0 Å². The molecule has 6 nitrogen and oxygen atoms in total. The Morgan fingerprint density at radius 2 is 2.24 bits per heavy atom. The standard InChI is InChI=1S/C14H27N3O3S/c1-10-4-3-6-14(8-10,9-18)17-12(19)11(5-7-21-2)16-13(15)20/h10-11,18H,3-9H2,1-2H3,(H,17,19)(H3,15,16,20). The Labute approximate surface area is 130 Å². The first-order chi connectivity index (χ1) is 9.92. The number of hydrogen-bond donors (Lipinski definition) is 4. The van der Waals surface area contributed by atoms with Crippen LogP contribution in [0, 0.1) is 5.92 Å². The lowest BCUT2D eigenvalue weighted by Gasteiger charge is -2.40. The van der Waals surface area contributed by atoms with E-state index in [4.69, 9.17) is 5.73 Å². The largest absolute Gasteiger partial charge is 0.394 e. The van der Waals surface area contributed by atoms with E-state index < -0.39 is 17.6 Å². The van der Waals surface area contributed by atoms with Crippen molar-refractivity contribution in [3.63, 3.8) is 0 Å². The minimum absolute atomic E-state index is 0.0745. The summed E-state index contributed by atoms with van der Waals surface area (Å²) in [4.78, 5) is 23.5. The van der Waals surface area contributed by atoms with Gasteiger partial charge in [-0.15, -0.1) is 0 Å². The number of thioether (sulfide) groups is 1. The lowest BCUT2D eigenvalue weighted by atomic mass is 9.76. The number of carbonyl (C=O) groups excluding carboxylic acids is 2. The quantitative estimate of drug-likeness (QED) is 0.558. The molecule has 0 aliphatic heterocycles. The third-order valence-electron chi connectivity index (χ3n) is 4.03. The summed E-state index contributed by atoms with van der Waals surface area (Å²) in [6, 6.07) is -1.35. The molecule has 0 bridgehead atoms. The zero-order valence-electron chi connectivity index (χ0n) is 12.9. The molecule has 7 heteroatoms. The fraction of sp³-hybridized carbons (Fsp3) is 0.857. The van der Waals surface area contributed by atoms with Gasteiger partial charge in [-0.3, -0.25) is 4.79 Å². The number of nitrogens with two attached hydrogens (primary N) is 1. The molecule has 1 aliphatic rings. The third-order valence-corrected chi connectivity index (χ3v) is 4.67. The van der Waals surface area contributed by atoms with Gasteiger partial charge in [0.1, 0.15) is 6.04 Å². The molecule has 3 amide bonds. The van der Waals surface area contributed by atoms with Crippen LogP contribution in [0.4, 0.5) is 4.79 Å². The molecule has 0 aromatic rings. The molecular weight excluding hydrogens is 290 g/mol. The molecule has 3 unspecified atom stereocenters. The number of primary amides is 1. The highest BCUT2D eigenvalue weighted by molar-refractivity contribution is 7.98. The minimum atomic E-state index is -0.702. The highest BCUT2D eigenvalue weighted by atomic mass is 32.2. The van der Waals surface area contributed by atoms with Crippen LogP contribution in [-0.2, 0) is 4.79 Å². The lowest BCUT2D eigenvalue weighted by Crippen LogP contribution is -2.59. The summed E-state index contributed by atoms with van der Waals surface area (Å²) in [7, 11) is 0. The van der Waals surface area contributed by atoms with E-state index >= 15 is 0 Å². The SMILES string of the molecule is CSCCC(NC(N)=O)C(=O)NC1(CO)CCCC(C)C1. The first-order valence-electron chi connectivity index (χ1n) is 7.40. The molecule has 21 heavy (non-hydrogen) atoms. The highest BCUT2D eigenvalue weighted by Crippen LogP contribution is 2.32. The summed E-state index contributed by atoms with van der Waals surface area (Å²) in [5.41, 5.74) is 4.57. The van der Waals surface area contributed by atoms with Gasteiger partial charge in [0.2, 0.25) is 5.91 Å². The van der Waals surface area contributed by atoms with Crippen LogP contribution in [0.2, 0.25) is 0 Å². The third kappa shape index (κ3) is 5.74. The molecule has 0 saturated heterocycles. The van der Waals surface area contributed by atoms with Gasteiger partial charge < -0.3 is 21.5 Å². The summed E-state index contributed by atoms with van der Waals surface area (Å²) in [6.07, 6.45) is 6.10. The first kappa shape index (κ1) is 18.1. The van der Waals surface area contributed by atoms with Gasteiger partial charge in [-0.25, -0.2) is 4.79 Å². The van der Waals surface area contributed by atoms with Crippen LogP contribution in [0.1, 0.15) is 39.0 Å². The Hall–Kier alpha value is -0.950. The predicted octanol–water partition coefficient (Wildman–Crippen LogP) is 0.834. The molecule has 5 N–H and O–H groups in total. The minimum Gasteiger partial charge on any atom is -0.394 e. The molecule has 0 heterocycles. The van der Waals surface area contributed by atoms with E-state index in [-0.39, 0.29) is 12.5 Å². The van der Waals surface area contributed by atoms with Gasteiger partial charge in [0.25, 0.3) is 0 Å². The van der Waals surface area contributed by atoms with Gasteiger partial charge in [0.05, 0.1) is 12.1 Å². The van der Waals surface area contributed by atoms with Gasteiger partial charge in [-0.05, 0) is 37.2 Å². The molecule has 1 rings (SSSR count). The van der Waals surface area contributed by atoms with Crippen molar-refractivity contribution < 1.29 is 14.7 Å². The zero-order valence-corrected chi connectivity index (χ0v) is 13.7. The summed E-state index contributed by atoms with van der Waals surface area (Å²) >= 11 is 1.60. The summed E-state index contributed by atoms with van der Waals surface area (Å²) in [6.45, 7) is 2.05. The van der Waals surface area contributed by atoms with Crippen molar-refractivity contribution in [3.8, 4) is 0 Å². The molecule has 3 atom stereocenters. The molecule has 122 valence electrons. The molecule has 1 saturated carbocycles. The van der Waals surface area contributed by atoms with Gasteiger partial charge in [0.15, 0.2) is 0 Å². The average Bonchev–Trinajstić information content (AvgIpc) is 2.43. The smallest absolute Gasteiger partial charge is 0.312 e.